The number of anilines is 1. The SMILES string of the molecule is Cc1ccc(N2NC(C(=O)N[C@@H](C)c3ncon3)=NCC2=O)cc1. The van der Waals surface area contributed by atoms with Crippen LogP contribution in [0.2, 0.25) is 0 Å². The molecule has 0 radical (unpaired) electrons. The largest absolute Gasteiger partial charge is 0.343 e. The van der Waals surface area contributed by atoms with E-state index in [0.29, 0.717) is 11.5 Å². The van der Waals surface area contributed by atoms with Crippen molar-refractivity contribution in [2.75, 3.05) is 11.6 Å². The van der Waals surface area contributed by atoms with Gasteiger partial charge < -0.3 is 9.84 Å². The molecule has 9 nitrogen and oxygen atoms in total. The minimum Gasteiger partial charge on any atom is -0.343 e. The van der Waals surface area contributed by atoms with Gasteiger partial charge in [-0.05, 0) is 26.0 Å². The quantitative estimate of drug-likeness (QED) is 0.845. The van der Waals surface area contributed by atoms with E-state index in [4.69, 9.17) is 0 Å². The monoisotopic (exact) mass is 328 g/mol. The molecule has 1 aliphatic rings. The summed E-state index contributed by atoms with van der Waals surface area (Å²) in [6.07, 6.45) is 1.19. The van der Waals surface area contributed by atoms with Crippen LogP contribution in [0.3, 0.4) is 0 Å². The van der Waals surface area contributed by atoms with Crippen LogP contribution in [-0.2, 0) is 9.59 Å². The molecule has 1 aliphatic heterocycles. The van der Waals surface area contributed by atoms with Crippen molar-refractivity contribution in [3.63, 3.8) is 0 Å². The van der Waals surface area contributed by atoms with Gasteiger partial charge >= 0.3 is 0 Å². The number of benzene rings is 1. The van der Waals surface area contributed by atoms with E-state index in [1.807, 2.05) is 19.1 Å². The normalized spacial score (nSPS) is 15.5. The second-order valence-electron chi connectivity index (χ2n) is 5.33. The van der Waals surface area contributed by atoms with Crippen LogP contribution < -0.4 is 15.8 Å². The maximum Gasteiger partial charge on any atom is 0.288 e. The molecule has 2 heterocycles. The first kappa shape index (κ1) is 15.7. The second kappa shape index (κ2) is 6.49. The van der Waals surface area contributed by atoms with E-state index in [9.17, 15) is 9.59 Å². The average Bonchev–Trinajstić information content (AvgIpc) is 3.11. The van der Waals surface area contributed by atoms with Gasteiger partial charge in [0.2, 0.25) is 12.2 Å². The van der Waals surface area contributed by atoms with Crippen molar-refractivity contribution in [1.82, 2.24) is 20.9 Å². The number of nitrogens with zero attached hydrogens (tertiary/aromatic N) is 4. The van der Waals surface area contributed by atoms with Gasteiger partial charge in [-0.25, -0.2) is 5.01 Å². The van der Waals surface area contributed by atoms with Crippen LogP contribution in [0.1, 0.15) is 24.4 Å². The lowest BCUT2D eigenvalue weighted by atomic mass is 10.2. The molecule has 3 rings (SSSR count). The molecule has 2 amide bonds. The molecule has 0 bridgehead atoms. The molecule has 0 aliphatic carbocycles. The van der Waals surface area contributed by atoms with E-state index >= 15 is 0 Å². The van der Waals surface area contributed by atoms with Crippen LogP contribution in [0, 0.1) is 6.92 Å². The van der Waals surface area contributed by atoms with Crippen LogP contribution in [0.5, 0.6) is 0 Å². The minimum absolute atomic E-state index is 0.0468. The minimum atomic E-state index is -0.461. The van der Waals surface area contributed by atoms with Gasteiger partial charge in [0.25, 0.3) is 11.8 Å². The van der Waals surface area contributed by atoms with Crippen molar-refractivity contribution in [3.8, 4) is 0 Å². The van der Waals surface area contributed by atoms with Crippen molar-refractivity contribution >= 4 is 23.3 Å². The number of carbonyl (C=O) groups is 2. The van der Waals surface area contributed by atoms with Gasteiger partial charge in [0.15, 0.2) is 5.82 Å². The molecule has 2 aromatic rings. The molecule has 0 spiro atoms. The predicted molar refractivity (Wildman–Crippen MR) is 85.0 cm³/mol. The van der Waals surface area contributed by atoms with Gasteiger partial charge in [-0.3, -0.25) is 20.0 Å². The Bertz CT molecular complexity index is 769. The summed E-state index contributed by atoms with van der Waals surface area (Å²) in [5.41, 5.74) is 4.46. The third-order valence-electron chi connectivity index (χ3n) is 3.46. The molecule has 124 valence electrons. The lowest BCUT2D eigenvalue weighted by Crippen LogP contribution is -2.56. The third-order valence-corrected chi connectivity index (χ3v) is 3.46. The molecule has 1 atom stereocenters. The first-order valence-electron chi connectivity index (χ1n) is 7.32. The lowest BCUT2D eigenvalue weighted by Gasteiger charge is -2.28. The van der Waals surface area contributed by atoms with Crippen molar-refractivity contribution in [1.29, 1.82) is 0 Å². The molecule has 2 N–H and O–H groups in total. The zero-order chi connectivity index (χ0) is 17.1. The van der Waals surface area contributed by atoms with Gasteiger partial charge in [0.05, 0.1) is 11.7 Å². The highest BCUT2D eigenvalue weighted by Crippen LogP contribution is 2.15. The molecule has 0 fully saturated rings. The Labute approximate surface area is 137 Å². The summed E-state index contributed by atoms with van der Waals surface area (Å²) >= 11 is 0. The summed E-state index contributed by atoms with van der Waals surface area (Å²) in [6, 6.07) is 6.90. The topological polar surface area (TPSA) is 113 Å². The summed E-state index contributed by atoms with van der Waals surface area (Å²) < 4.78 is 4.65. The predicted octanol–water partition coefficient (Wildman–Crippen LogP) is 0.505. The smallest absolute Gasteiger partial charge is 0.288 e. The Balaban J connectivity index is 1.71. The molecular formula is C15H16N6O3. The molecule has 24 heavy (non-hydrogen) atoms. The maximum absolute atomic E-state index is 12.3. The van der Waals surface area contributed by atoms with E-state index in [0.717, 1.165) is 5.56 Å². The maximum atomic E-state index is 12.3. The zero-order valence-electron chi connectivity index (χ0n) is 13.2. The highest BCUT2D eigenvalue weighted by Gasteiger charge is 2.26. The number of hydrazine groups is 1. The Morgan fingerprint density at radius 3 is 2.79 bits per heavy atom. The van der Waals surface area contributed by atoms with E-state index in [1.54, 1.807) is 19.1 Å². The summed E-state index contributed by atoms with van der Waals surface area (Å²) in [4.78, 5) is 32.2. The number of aryl methyl sites for hydroxylation is 1. The number of aromatic nitrogens is 2. The average molecular weight is 328 g/mol. The van der Waals surface area contributed by atoms with E-state index in [1.165, 1.54) is 11.4 Å². The summed E-state index contributed by atoms with van der Waals surface area (Å²) in [6.45, 7) is 3.56. The Morgan fingerprint density at radius 2 is 2.12 bits per heavy atom. The third kappa shape index (κ3) is 3.24. The Morgan fingerprint density at radius 1 is 1.38 bits per heavy atom. The molecule has 9 heteroatoms. The molecule has 1 aromatic carbocycles. The van der Waals surface area contributed by atoms with Crippen LogP contribution in [0.25, 0.3) is 0 Å². The number of carbonyl (C=O) groups excluding carboxylic acids is 2. The zero-order valence-corrected chi connectivity index (χ0v) is 13.2. The van der Waals surface area contributed by atoms with Gasteiger partial charge in [-0.15, -0.1) is 0 Å². The van der Waals surface area contributed by atoms with Crippen LogP contribution in [-0.4, -0.2) is 34.3 Å². The molecular weight excluding hydrogens is 312 g/mol. The van der Waals surface area contributed by atoms with E-state index < -0.39 is 11.9 Å². The summed E-state index contributed by atoms with van der Waals surface area (Å²) in [5.74, 6) is -0.310. The number of nitrogens with one attached hydrogen (secondary N) is 2. The number of aliphatic imine (C=N–C) groups is 1. The van der Waals surface area contributed by atoms with E-state index in [2.05, 4.69) is 30.4 Å². The fraction of sp³-hybridized carbons (Fsp3) is 0.267. The highest BCUT2D eigenvalue weighted by atomic mass is 16.5. The van der Waals surface area contributed by atoms with Crippen molar-refractivity contribution in [2.45, 2.75) is 19.9 Å². The number of amides is 2. The highest BCUT2D eigenvalue weighted by molar-refractivity contribution is 6.39. The number of hydrogen-bond donors (Lipinski definition) is 2. The van der Waals surface area contributed by atoms with Gasteiger partial charge in [0, 0.05) is 0 Å². The second-order valence-corrected chi connectivity index (χ2v) is 5.33. The fourth-order valence-corrected chi connectivity index (χ4v) is 2.15. The lowest BCUT2D eigenvalue weighted by molar-refractivity contribution is -0.118. The number of amidine groups is 1. The van der Waals surface area contributed by atoms with Crippen molar-refractivity contribution in [3.05, 3.63) is 42.0 Å². The molecule has 0 saturated heterocycles. The van der Waals surface area contributed by atoms with Gasteiger partial charge in [0.1, 0.15) is 6.54 Å². The first-order chi connectivity index (χ1) is 11.5. The first-order valence-corrected chi connectivity index (χ1v) is 7.32. The van der Waals surface area contributed by atoms with Gasteiger partial charge in [-0.1, -0.05) is 22.9 Å². The fourth-order valence-electron chi connectivity index (χ4n) is 2.15. The standard InChI is InChI=1S/C15H16N6O3/c1-9-3-5-11(6-4-9)21-12(22)7-16-14(19-21)15(23)18-10(2)13-17-8-24-20-13/h3-6,8,10H,7H2,1-2H3,(H,16,19)(H,18,23)/t10-/m0/s1. The molecule has 0 saturated carbocycles. The van der Waals surface area contributed by atoms with Crippen molar-refractivity contribution < 1.29 is 14.1 Å². The van der Waals surface area contributed by atoms with Gasteiger partial charge in [-0.2, -0.15) is 4.98 Å². The van der Waals surface area contributed by atoms with Crippen LogP contribution in [0.4, 0.5) is 5.69 Å². The van der Waals surface area contributed by atoms with Crippen LogP contribution in [0.15, 0.2) is 40.2 Å². The number of rotatable bonds is 4. The molecule has 0 unspecified atom stereocenters. The van der Waals surface area contributed by atoms with Crippen LogP contribution >= 0.6 is 0 Å². The summed E-state index contributed by atoms with van der Waals surface area (Å²) in [7, 11) is 0. The van der Waals surface area contributed by atoms with E-state index in [-0.39, 0.29) is 18.3 Å². The Kier molecular flexibility index (Phi) is 4.23. The number of hydrogen-bond acceptors (Lipinski definition) is 7. The molecule has 1 aromatic heterocycles. The summed E-state index contributed by atoms with van der Waals surface area (Å²) in [5, 5.41) is 7.67. The Hall–Kier alpha value is -3.23. The van der Waals surface area contributed by atoms with Crippen molar-refractivity contribution in [2.24, 2.45) is 4.99 Å².